The molecular weight excluding hydrogens is 229 g/mol. The SMILES string of the molecule is O=Cc1ccn(Cc2cccc(F)c2Cl)c1. The zero-order chi connectivity index (χ0) is 11.5. The summed E-state index contributed by atoms with van der Waals surface area (Å²) in [6, 6.07) is 6.38. The van der Waals surface area contributed by atoms with Gasteiger partial charge in [-0.25, -0.2) is 4.39 Å². The van der Waals surface area contributed by atoms with E-state index in [2.05, 4.69) is 0 Å². The monoisotopic (exact) mass is 237 g/mol. The molecule has 0 saturated heterocycles. The molecule has 0 aliphatic carbocycles. The summed E-state index contributed by atoms with van der Waals surface area (Å²) in [4.78, 5) is 10.5. The Bertz CT molecular complexity index is 521. The molecule has 16 heavy (non-hydrogen) atoms. The largest absolute Gasteiger partial charge is 0.349 e. The number of nitrogens with zero attached hydrogens (tertiary/aromatic N) is 1. The maximum atomic E-state index is 13.2. The molecule has 0 fully saturated rings. The van der Waals surface area contributed by atoms with Crippen molar-refractivity contribution in [2.45, 2.75) is 6.54 Å². The van der Waals surface area contributed by atoms with E-state index < -0.39 is 5.82 Å². The average molecular weight is 238 g/mol. The van der Waals surface area contributed by atoms with E-state index in [0.717, 1.165) is 6.29 Å². The van der Waals surface area contributed by atoms with Crippen LogP contribution in [0.15, 0.2) is 36.7 Å². The highest BCUT2D eigenvalue weighted by atomic mass is 35.5. The zero-order valence-electron chi connectivity index (χ0n) is 8.36. The number of benzene rings is 1. The van der Waals surface area contributed by atoms with Gasteiger partial charge >= 0.3 is 0 Å². The highest BCUT2D eigenvalue weighted by molar-refractivity contribution is 6.31. The number of halogens is 2. The van der Waals surface area contributed by atoms with E-state index in [9.17, 15) is 9.18 Å². The first-order chi connectivity index (χ1) is 7.70. The van der Waals surface area contributed by atoms with Crippen LogP contribution < -0.4 is 0 Å². The standard InChI is InChI=1S/C12H9ClFNO/c13-12-10(2-1-3-11(12)14)7-15-5-4-9(6-15)8-16/h1-6,8H,7H2. The minimum atomic E-state index is -0.429. The fraction of sp³-hybridized carbons (Fsp3) is 0.0833. The van der Waals surface area contributed by atoms with E-state index in [4.69, 9.17) is 11.6 Å². The molecule has 1 heterocycles. The molecule has 0 radical (unpaired) electrons. The molecule has 2 rings (SSSR count). The van der Waals surface area contributed by atoms with Gasteiger partial charge in [0.15, 0.2) is 6.29 Å². The number of rotatable bonds is 3. The van der Waals surface area contributed by atoms with Gasteiger partial charge in [-0.15, -0.1) is 0 Å². The van der Waals surface area contributed by atoms with E-state index in [1.807, 2.05) is 0 Å². The minimum absolute atomic E-state index is 0.129. The molecule has 2 nitrogen and oxygen atoms in total. The Morgan fingerprint density at radius 1 is 1.38 bits per heavy atom. The van der Waals surface area contributed by atoms with Crippen molar-refractivity contribution in [3.63, 3.8) is 0 Å². The summed E-state index contributed by atoms with van der Waals surface area (Å²) in [5.41, 5.74) is 1.28. The molecule has 82 valence electrons. The van der Waals surface area contributed by atoms with E-state index >= 15 is 0 Å². The van der Waals surface area contributed by atoms with Gasteiger partial charge in [-0.05, 0) is 17.7 Å². The van der Waals surface area contributed by atoms with Crippen molar-refractivity contribution >= 4 is 17.9 Å². The van der Waals surface area contributed by atoms with Crippen LogP contribution in [-0.4, -0.2) is 10.9 Å². The van der Waals surface area contributed by atoms with Gasteiger partial charge in [0.05, 0.1) is 5.02 Å². The fourth-order valence-electron chi connectivity index (χ4n) is 1.49. The Balaban J connectivity index is 2.26. The lowest BCUT2D eigenvalue weighted by Crippen LogP contribution is -1.98. The second kappa shape index (κ2) is 4.49. The molecule has 0 spiro atoms. The molecule has 4 heteroatoms. The van der Waals surface area contributed by atoms with Crippen molar-refractivity contribution in [2.75, 3.05) is 0 Å². The number of aromatic nitrogens is 1. The third-order valence-electron chi connectivity index (χ3n) is 2.29. The average Bonchev–Trinajstić information content (AvgIpc) is 2.73. The predicted molar refractivity (Wildman–Crippen MR) is 60.3 cm³/mol. The quantitative estimate of drug-likeness (QED) is 0.752. The van der Waals surface area contributed by atoms with Crippen LogP contribution in [0.25, 0.3) is 0 Å². The van der Waals surface area contributed by atoms with Crippen LogP contribution in [0.2, 0.25) is 5.02 Å². The van der Waals surface area contributed by atoms with Crippen LogP contribution in [0.1, 0.15) is 15.9 Å². The van der Waals surface area contributed by atoms with Crippen molar-refractivity contribution in [1.29, 1.82) is 0 Å². The Hall–Kier alpha value is -1.61. The second-order valence-electron chi connectivity index (χ2n) is 3.45. The Morgan fingerprint density at radius 3 is 2.88 bits per heavy atom. The van der Waals surface area contributed by atoms with Crippen molar-refractivity contribution < 1.29 is 9.18 Å². The molecule has 0 amide bonds. The van der Waals surface area contributed by atoms with Crippen LogP contribution in [0, 0.1) is 5.82 Å². The molecule has 0 aliphatic rings. The van der Waals surface area contributed by atoms with E-state index in [1.165, 1.54) is 6.07 Å². The van der Waals surface area contributed by atoms with Crippen molar-refractivity contribution in [3.8, 4) is 0 Å². The Kier molecular flexibility index (Phi) is 3.06. The van der Waals surface area contributed by atoms with E-state index in [1.54, 1.807) is 35.2 Å². The van der Waals surface area contributed by atoms with Gasteiger partial charge in [0, 0.05) is 24.5 Å². The van der Waals surface area contributed by atoms with Crippen LogP contribution in [0.3, 0.4) is 0 Å². The van der Waals surface area contributed by atoms with Crippen molar-refractivity contribution in [3.05, 3.63) is 58.6 Å². The summed E-state index contributed by atoms with van der Waals surface area (Å²) >= 11 is 5.83. The molecular formula is C12H9ClFNO. The lowest BCUT2D eigenvalue weighted by atomic mass is 10.2. The number of hydrogen-bond donors (Lipinski definition) is 0. The molecule has 0 bridgehead atoms. The van der Waals surface area contributed by atoms with Gasteiger partial charge in [0.1, 0.15) is 5.82 Å². The smallest absolute Gasteiger partial charge is 0.151 e. The topological polar surface area (TPSA) is 22.0 Å². The van der Waals surface area contributed by atoms with Gasteiger partial charge in [0.25, 0.3) is 0 Å². The third-order valence-corrected chi connectivity index (χ3v) is 2.72. The number of carbonyl (C=O) groups is 1. The maximum Gasteiger partial charge on any atom is 0.151 e. The molecule has 0 N–H and O–H groups in total. The first kappa shape index (κ1) is 10.9. The van der Waals surface area contributed by atoms with Gasteiger partial charge in [0.2, 0.25) is 0 Å². The molecule has 0 unspecified atom stereocenters. The molecule has 1 aromatic heterocycles. The summed E-state index contributed by atoms with van der Waals surface area (Å²) in [5, 5.41) is 0.129. The first-order valence-corrected chi connectivity index (χ1v) is 5.12. The molecule has 1 aromatic carbocycles. The number of hydrogen-bond acceptors (Lipinski definition) is 1. The summed E-state index contributed by atoms with van der Waals surface area (Å²) in [6.07, 6.45) is 4.21. The van der Waals surface area contributed by atoms with Gasteiger partial charge in [-0.2, -0.15) is 0 Å². The van der Waals surface area contributed by atoms with Crippen molar-refractivity contribution in [1.82, 2.24) is 4.57 Å². The van der Waals surface area contributed by atoms with Crippen LogP contribution >= 0.6 is 11.6 Å². The van der Waals surface area contributed by atoms with Crippen LogP contribution in [0.5, 0.6) is 0 Å². The third kappa shape index (κ3) is 2.14. The lowest BCUT2D eigenvalue weighted by Gasteiger charge is -2.05. The molecule has 0 aliphatic heterocycles. The van der Waals surface area contributed by atoms with Gasteiger partial charge in [-0.1, -0.05) is 23.7 Å². The summed E-state index contributed by atoms with van der Waals surface area (Å²) in [6.45, 7) is 0.449. The van der Waals surface area contributed by atoms with Gasteiger partial charge in [-0.3, -0.25) is 4.79 Å². The molecule has 0 atom stereocenters. The van der Waals surface area contributed by atoms with E-state index in [0.29, 0.717) is 17.7 Å². The fourth-order valence-corrected chi connectivity index (χ4v) is 1.68. The number of carbonyl (C=O) groups excluding carboxylic acids is 1. The minimum Gasteiger partial charge on any atom is -0.349 e. The van der Waals surface area contributed by atoms with E-state index in [-0.39, 0.29) is 5.02 Å². The second-order valence-corrected chi connectivity index (χ2v) is 3.83. The summed E-state index contributed by atoms with van der Waals surface area (Å²) < 4.78 is 14.9. The Morgan fingerprint density at radius 2 is 2.19 bits per heavy atom. The highest BCUT2D eigenvalue weighted by Gasteiger charge is 2.06. The van der Waals surface area contributed by atoms with Crippen LogP contribution in [0.4, 0.5) is 4.39 Å². The van der Waals surface area contributed by atoms with Crippen molar-refractivity contribution in [2.24, 2.45) is 0 Å². The first-order valence-electron chi connectivity index (χ1n) is 4.74. The van der Waals surface area contributed by atoms with Gasteiger partial charge < -0.3 is 4.57 Å². The number of aldehydes is 1. The summed E-state index contributed by atoms with van der Waals surface area (Å²) in [5.74, 6) is -0.429. The molecule has 2 aromatic rings. The lowest BCUT2D eigenvalue weighted by molar-refractivity contribution is 0.112. The van der Waals surface area contributed by atoms with Crippen LogP contribution in [-0.2, 0) is 6.54 Å². The highest BCUT2D eigenvalue weighted by Crippen LogP contribution is 2.20. The molecule has 0 saturated carbocycles. The Labute approximate surface area is 97.3 Å². The summed E-state index contributed by atoms with van der Waals surface area (Å²) in [7, 11) is 0. The normalized spacial score (nSPS) is 10.4. The predicted octanol–water partition coefficient (Wildman–Crippen LogP) is 3.14. The maximum absolute atomic E-state index is 13.2. The zero-order valence-corrected chi connectivity index (χ0v) is 9.12.